The van der Waals surface area contributed by atoms with Gasteiger partial charge in [0.15, 0.2) is 5.11 Å². The van der Waals surface area contributed by atoms with Gasteiger partial charge in [-0.1, -0.05) is 72.8 Å². The highest BCUT2D eigenvalue weighted by Crippen LogP contribution is 2.11. The van der Waals surface area contributed by atoms with Crippen LogP contribution in [0.5, 0.6) is 0 Å². The SMILES string of the molecule is O=C(N[C@@H](Cc1ccccc1)C(=O)NNC(=S)Nc1ccccc1F)OCc1ccccc1. The van der Waals surface area contributed by atoms with Gasteiger partial charge in [-0.05, 0) is 35.5 Å². The van der Waals surface area contributed by atoms with Gasteiger partial charge >= 0.3 is 6.09 Å². The van der Waals surface area contributed by atoms with Crippen molar-refractivity contribution in [1.29, 1.82) is 0 Å². The van der Waals surface area contributed by atoms with Crippen LogP contribution in [-0.2, 0) is 22.6 Å². The molecule has 0 radical (unpaired) electrons. The summed E-state index contributed by atoms with van der Waals surface area (Å²) in [7, 11) is 0. The van der Waals surface area contributed by atoms with E-state index in [-0.39, 0.29) is 23.8 Å². The molecule has 0 heterocycles. The summed E-state index contributed by atoms with van der Waals surface area (Å²) in [5, 5.41) is 5.22. The lowest BCUT2D eigenvalue weighted by Gasteiger charge is -2.19. The number of amides is 2. The number of rotatable bonds is 7. The first-order chi connectivity index (χ1) is 16.0. The summed E-state index contributed by atoms with van der Waals surface area (Å²) in [6.45, 7) is 0.0707. The highest BCUT2D eigenvalue weighted by Gasteiger charge is 2.22. The minimum atomic E-state index is -0.945. The van der Waals surface area contributed by atoms with Gasteiger partial charge in [-0.25, -0.2) is 9.18 Å². The monoisotopic (exact) mass is 466 g/mol. The Morgan fingerprint density at radius 3 is 2.12 bits per heavy atom. The largest absolute Gasteiger partial charge is 0.445 e. The standard InChI is InChI=1S/C24H23FN4O3S/c25-19-13-7-8-14-20(19)26-23(33)29-28-22(30)21(15-17-9-3-1-4-10-17)27-24(31)32-16-18-11-5-2-6-12-18/h1-14,21H,15-16H2,(H,27,31)(H,28,30)(H2,26,29,33)/t21-/m0/s1. The summed E-state index contributed by atoms with van der Waals surface area (Å²) in [5.74, 6) is -1.04. The number of alkyl carbamates (subject to hydrolysis) is 1. The quantitative estimate of drug-likeness (QED) is 0.314. The van der Waals surface area contributed by atoms with E-state index >= 15 is 0 Å². The number of halogens is 1. The van der Waals surface area contributed by atoms with Gasteiger partial charge in [0, 0.05) is 6.42 Å². The molecule has 7 nitrogen and oxygen atoms in total. The third kappa shape index (κ3) is 7.89. The first kappa shape index (κ1) is 23.7. The Labute approximate surface area is 196 Å². The normalized spacial score (nSPS) is 11.1. The van der Waals surface area contributed by atoms with Gasteiger partial charge in [-0.2, -0.15) is 0 Å². The molecular formula is C24H23FN4O3S. The highest BCUT2D eigenvalue weighted by atomic mass is 32.1. The molecule has 0 spiro atoms. The van der Waals surface area contributed by atoms with E-state index in [9.17, 15) is 14.0 Å². The molecule has 0 aliphatic rings. The summed E-state index contributed by atoms with van der Waals surface area (Å²) in [5.41, 5.74) is 6.78. The zero-order valence-corrected chi connectivity index (χ0v) is 18.4. The average Bonchev–Trinajstić information content (AvgIpc) is 2.83. The molecule has 1 atom stereocenters. The van der Waals surface area contributed by atoms with Gasteiger partial charge in [0.05, 0.1) is 5.69 Å². The van der Waals surface area contributed by atoms with Crippen molar-refractivity contribution in [2.75, 3.05) is 5.32 Å². The van der Waals surface area contributed by atoms with Crippen molar-refractivity contribution in [3.8, 4) is 0 Å². The van der Waals surface area contributed by atoms with Crippen LogP contribution in [0.2, 0.25) is 0 Å². The van der Waals surface area contributed by atoms with Gasteiger partial charge in [0.2, 0.25) is 0 Å². The fourth-order valence-corrected chi connectivity index (χ4v) is 3.05. The van der Waals surface area contributed by atoms with Crippen LogP contribution in [0.15, 0.2) is 84.9 Å². The van der Waals surface area contributed by atoms with Crippen molar-refractivity contribution in [3.05, 3.63) is 102 Å². The fourth-order valence-electron chi connectivity index (χ4n) is 2.89. The molecule has 3 aromatic carbocycles. The predicted molar refractivity (Wildman–Crippen MR) is 128 cm³/mol. The second-order valence-corrected chi connectivity index (χ2v) is 7.40. The van der Waals surface area contributed by atoms with Crippen molar-refractivity contribution in [2.24, 2.45) is 0 Å². The zero-order valence-electron chi connectivity index (χ0n) is 17.6. The number of ether oxygens (including phenoxy) is 1. The molecule has 0 aromatic heterocycles. The Hall–Kier alpha value is -3.98. The molecule has 2 amide bonds. The number of hydrogen-bond donors (Lipinski definition) is 4. The number of hydrogen-bond acceptors (Lipinski definition) is 4. The van der Waals surface area contributed by atoms with Crippen LogP contribution in [0.25, 0.3) is 0 Å². The summed E-state index contributed by atoms with van der Waals surface area (Å²) in [4.78, 5) is 25.1. The van der Waals surface area contributed by atoms with E-state index in [2.05, 4.69) is 21.5 Å². The summed E-state index contributed by atoms with van der Waals surface area (Å²) in [6.07, 6.45) is -0.510. The summed E-state index contributed by atoms with van der Waals surface area (Å²) < 4.78 is 19.0. The lowest BCUT2D eigenvalue weighted by atomic mass is 10.1. The Morgan fingerprint density at radius 2 is 1.45 bits per heavy atom. The van der Waals surface area contributed by atoms with E-state index in [1.807, 2.05) is 60.7 Å². The number of carbonyl (C=O) groups is 2. The number of para-hydroxylation sites is 1. The number of anilines is 1. The minimum Gasteiger partial charge on any atom is -0.445 e. The Morgan fingerprint density at radius 1 is 0.848 bits per heavy atom. The van der Waals surface area contributed by atoms with Gasteiger partial charge in [0.1, 0.15) is 18.5 Å². The van der Waals surface area contributed by atoms with E-state index in [0.29, 0.717) is 0 Å². The van der Waals surface area contributed by atoms with E-state index in [1.54, 1.807) is 12.1 Å². The molecule has 0 saturated carbocycles. The molecule has 0 unspecified atom stereocenters. The number of carbonyl (C=O) groups excluding carboxylic acids is 2. The van der Waals surface area contributed by atoms with Crippen LogP contribution in [0.4, 0.5) is 14.9 Å². The molecule has 170 valence electrons. The van der Waals surface area contributed by atoms with Crippen LogP contribution in [-0.4, -0.2) is 23.2 Å². The molecule has 0 aliphatic carbocycles. The lowest BCUT2D eigenvalue weighted by Crippen LogP contribution is -2.54. The first-order valence-corrected chi connectivity index (χ1v) is 10.5. The number of hydrazine groups is 1. The molecule has 0 aliphatic heterocycles. The maximum absolute atomic E-state index is 13.8. The van der Waals surface area contributed by atoms with E-state index in [4.69, 9.17) is 17.0 Å². The van der Waals surface area contributed by atoms with Crippen LogP contribution in [0.1, 0.15) is 11.1 Å². The maximum atomic E-state index is 13.8. The topological polar surface area (TPSA) is 91.5 Å². The van der Waals surface area contributed by atoms with Crippen LogP contribution >= 0.6 is 12.2 Å². The highest BCUT2D eigenvalue weighted by molar-refractivity contribution is 7.80. The van der Waals surface area contributed by atoms with Crippen molar-refractivity contribution in [2.45, 2.75) is 19.1 Å². The van der Waals surface area contributed by atoms with Gasteiger partial charge in [0.25, 0.3) is 5.91 Å². The van der Waals surface area contributed by atoms with Crippen molar-refractivity contribution in [3.63, 3.8) is 0 Å². The molecule has 0 bridgehead atoms. The molecule has 4 N–H and O–H groups in total. The maximum Gasteiger partial charge on any atom is 0.408 e. The third-order valence-electron chi connectivity index (χ3n) is 4.53. The minimum absolute atomic E-state index is 0.0152. The van der Waals surface area contributed by atoms with Crippen LogP contribution in [0, 0.1) is 5.82 Å². The fraction of sp³-hybridized carbons (Fsp3) is 0.125. The molecule has 3 aromatic rings. The molecule has 9 heteroatoms. The van der Waals surface area contributed by atoms with Crippen LogP contribution < -0.4 is 21.5 Å². The van der Waals surface area contributed by atoms with Crippen molar-refractivity contribution < 1.29 is 18.7 Å². The van der Waals surface area contributed by atoms with E-state index in [1.165, 1.54) is 12.1 Å². The van der Waals surface area contributed by atoms with E-state index < -0.39 is 23.9 Å². The lowest BCUT2D eigenvalue weighted by molar-refractivity contribution is -0.123. The van der Waals surface area contributed by atoms with Gasteiger partial charge in [-0.15, -0.1) is 0 Å². The van der Waals surface area contributed by atoms with Gasteiger partial charge < -0.3 is 15.4 Å². The van der Waals surface area contributed by atoms with E-state index in [0.717, 1.165) is 11.1 Å². The second-order valence-electron chi connectivity index (χ2n) is 7.00. The van der Waals surface area contributed by atoms with Gasteiger partial charge in [-0.3, -0.25) is 15.6 Å². The molecule has 0 saturated heterocycles. The Balaban J connectivity index is 1.57. The molecule has 3 rings (SSSR count). The predicted octanol–water partition coefficient (Wildman–Crippen LogP) is 3.68. The summed E-state index contributed by atoms with van der Waals surface area (Å²) in [6, 6.07) is 23.5. The number of benzene rings is 3. The molecule has 0 fully saturated rings. The zero-order chi connectivity index (χ0) is 23.5. The third-order valence-corrected chi connectivity index (χ3v) is 4.73. The smallest absolute Gasteiger partial charge is 0.408 e. The average molecular weight is 467 g/mol. The number of thiocarbonyl (C=S) groups is 1. The molecular weight excluding hydrogens is 443 g/mol. The Kier molecular flexibility index (Phi) is 8.72. The summed E-state index contributed by atoms with van der Waals surface area (Å²) >= 11 is 5.10. The van der Waals surface area contributed by atoms with Crippen molar-refractivity contribution >= 4 is 35.0 Å². The van der Waals surface area contributed by atoms with Crippen LogP contribution in [0.3, 0.4) is 0 Å². The van der Waals surface area contributed by atoms with Crippen molar-refractivity contribution in [1.82, 2.24) is 16.2 Å². The molecule has 33 heavy (non-hydrogen) atoms. The Bertz CT molecular complexity index is 1080. The first-order valence-electron chi connectivity index (χ1n) is 10.1. The second kappa shape index (κ2) is 12.2. The number of nitrogens with one attached hydrogen (secondary N) is 4.